The minimum absolute atomic E-state index is 0.197. The van der Waals surface area contributed by atoms with Gasteiger partial charge < -0.3 is 4.90 Å². The van der Waals surface area contributed by atoms with E-state index in [1.807, 2.05) is 6.07 Å². The smallest absolute Gasteiger partial charge is 0.269 e. The summed E-state index contributed by atoms with van der Waals surface area (Å²) in [4.78, 5) is 12.8. The Labute approximate surface area is 101 Å². The highest BCUT2D eigenvalue weighted by Gasteiger charge is 2.27. The lowest BCUT2D eigenvalue weighted by Gasteiger charge is -2.26. The fraction of sp³-hybridized carbons (Fsp3) is 0.538. The zero-order chi connectivity index (χ0) is 12.6. The number of nitro benzene ring substituents is 1. The molecule has 0 saturated heterocycles. The van der Waals surface area contributed by atoms with E-state index in [1.54, 1.807) is 12.1 Å². The number of non-ortho nitro benzene ring substituents is 1. The highest BCUT2D eigenvalue weighted by molar-refractivity contribution is 5.62. The second kappa shape index (κ2) is 4.35. The normalized spacial score (nSPS) is 18.6. The van der Waals surface area contributed by atoms with Crippen LogP contribution in [0, 0.1) is 16.0 Å². The van der Waals surface area contributed by atoms with Crippen LogP contribution < -0.4 is 4.90 Å². The van der Waals surface area contributed by atoms with E-state index in [9.17, 15) is 10.1 Å². The summed E-state index contributed by atoms with van der Waals surface area (Å²) in [7, 11) is 0. The van der Waals surface area contributed by atoms with Crippen molar-refractivity contribution in [1.82, 2.24) is 0 Å². The van der Waals surface area contributed by atoms with E-state index in [-0.39, 0.29) is 10.6 Å². The molecule has 0 N–H and O–H groups in total. The number of benzene rings is 1. The maximum atomic E-state index is 10.7. The summed E-state index contributed by atoms with van der Waals surface area (Å²) in [5.41, 5.74) is 2.46. The molecule has 1 aromatic carbocycles. The number of hydrogen-bond acceptors (Lipinski definition) is 3. The summed E-state index contributed by atoms with van der Waals surface area (Å²) in [6, 6.07) is 5.64. The summed E-state index contributed by atoms with van der Waals surface area (Å²) < 4.78 is 0. The molecule has 4 heteroatoms. The SMILES string of the molecule is CC(C)CN1c2ccc([N+](=O)[O-])cc2CC1C. The second-order valence-corrected chi connectivity index (χ2v) is 5.17. The molecule has 0 spiro atoms. The van der Waals surface area contributed by atoms with Crippen LogP contribution in [0.25, 0.3) is 0 Å². The Morgan fingerprint density at radius 1 is 1.53 bits per heavy atom. The monoisotopic (exact) mass is 234 g/mol. The molecule has 0 radical (unpaired) electrons. The molecule has 1 unspecified atom stereocenters. The first-order valence-corrected chi connectivity index (χ1v) is 6.03. The minimum atomic E-state index is -0.323. The van der Waals surface area contributed by atoms with E-state index in [0.29, 0.717) is 12.0 Å². The number of hydrogen-bond donors (Lipinski definition) is 0. The number of fused-ring (bicyclic) bond motifs is 1. The lowest BCUT2D eigenvalue weighted by molar-refractivity contribution is -0.384. The number of anilines is 1. The first-order chi connectivity index (χ1) is 7.99. The van der Waals surface area contributed by atoms with Gasteiger partial charge in [-0.15, -0.1) is 0 Å². The van der Waals surface area contributed by atoms with Crippen molar-refractivity contribution in [2.24, 2.45) is 5.92 Å². The van der Waals surface area contributed by atoms with Crippen molar-refractivity contribution in [2.75, 3.05) is 11.4 Å². The summed E-state index contributed by atoms with van der Waals surface area (Å²) in [6.45, 7) is 7.56. The van der Waals surface area contributed by atoms with Gasteiger partial charge in [-0.2, -0.15) is 0 Å². The zero-order valence-electron chi connectivity index (χ0n) is 10.5. The molecule has 0 fully saturated rings. The highest BCUT2D eigenvalue weighted by Crippen LogP contribution is 2.34. The van der Waals surface area contributed by atoms with Crippen LogP contribution >= 0.6 is 0 Å². The molecule has 4 nitrogen and oxygen atoms in total. The average Bonchev–Trinajstić information content (AvgIpc) is 2.54. The van der Waals surface area contributed by atoms with E-state index in [4.69, 9.17) is 0 Å². The van der Waals surface area contributed by atoms with Crippen molar-refractivity contribution in [3.63, 3.8) is 0 Å². The van der Waals surface area contributed by atoms with Crippen molar-refractivity contribution < 1.29 is 4.92 Å². The van der Waals surface area contributed by atoms with Gasteiger partial charge in [0.15, 0.2) is 0 Å². The van der Waals surface area contributed by atoms with E-state index < -0.39 is 0 Å². The predicted molar refractivity (Wildman–Crippen MR) is 68.4 cm³/mol. The highest BCUT2D eigenvalue weighted by atomic mass is 16.6. The summed E-state index contributed by atoms with van der Waals surface area (Å²) in [5.74, 6) is 0.596. The minimum Gasteiger partial charge on any atom is -0.368 e. The van der Waals surface area contributed by atoms with Gasteiger partial charge in [0.25, 0.3) is 5.69 Å². The number of rotatable bonds is 3. The lowest BCUT2D eigenvalue weighted by atomic mass is 10.1. The van der Waals surface area contributed by atoms with Crippen LogP contribution in [0.2, 0.25) is 0 Å². The number of nitrogens with zero attached hydrogens (tertiary/aromatic N) is 2. The molecule has 1 aliphatic rings. The standard InChI is InChI=1S/C13H18N2O2/c1-9(2)8-14-10(3)6-11-7-12(15(16)17)4-5-13(11)14/h4-5,7,9-10H,6,8H2,1-3H3. The second-order valence-electron chi connectivity index (χ2n) is 5.17. The van der Waals surface area contributed by atoms with Crippen LogP contribution in [0.15, 0.2) is 18.2 Å². The van der Waals surface area contributed by atoms with E-state index in [2.05, 4.69) is 25.7 Å². The first kappa shape index (κ1) is 11.9. The van der Waals surface area contributed by atoms with Gasteiger partial charge in [-0.1, -0.05) is 13.8 Å². The van der Waals surface area contributed by atoms with Crippen LogP contribution in [-0.4, -0.2) is 17.5 Å². The molecule has 2 rings (SSSR count). The van der Waals surface area contributed by atoms with Crippen LogP contribution in [-0.2, 0) is 6.42 Å². The van der Waals surface area contributed by atoms with Gasteiger partial charge in [0.1, 0.15) is 0 Å². The third-order valence-corrected chi connectivity index (χ3v) is 3.19. The molecule has 1 heterocycles. The Kier molecular flexibility index (Phi) is 3.05. The van der Waals surface area contributed by atoms with Gasteiger partial charge in [-0.25, -0.2) is 0 Å². The molecule has 17 heavy (non-hydrogen) atoms. The molecule has 0 aliphatic carbocycles. The average molecular weight is 234 g/mol. The Balaban J connectivity index is 2.32. The van der Waals surface area contributed by atoms with E-state index in [1.165, 1.54) is 0 Å². The van der Waals surface area contributed by atoms with Gasteiger partial charge in [0.2, 0.25) is 0 Å². The van der Waals surface area contributed by atoms with E-state index in [0.717, 1.165) is 24.2 Å². The van der Waals surface area contributed by atoms with Gasteiger partial charge in [0.05, 0.1) is 4.92 Å². The van der Waals surface area contributed by atoms with Gasteiger partial charge in [0, 0.05) is 30.4 Å². The van der Waals surface area contributed by atoms with Crippen molar-refractivity contribution in [3.8, 4) is 0 Å². The fourth-order valence-corrected chi connectivity index (χ4v) is 2.47. The maximum Gasteiger partial charge on any atom is 0.269 e. The molecule has 1 aliphatic heterocycles. The third-order valence-electron chi connectivity index (χ3n) is 3.19. The Bertz CT molecular complexity index is 443. The topological polar surface area (TPSA) is 46.4 Å². The number of nitro groups is 1. The first-order valence-electron chi connectivity index (χ1n) is 6.03. The molecule has 0 aromatic heterocycles. The van der Waals surface area contributed by atoms with E-state index >= 15 is 0 Å². The van der Waals surface area contributed by atoms with Crippen LogP contribution in [0.1, 0.15) is 26.3 Å². The molecule has 1 aromatic rings. The van der Waals surface area contributed by atoms with Gasteiger partial charge in [-0.3, -0.25) is 10.1 Å². The van der Waals surface area contributed by atoms with Crippen molar-refractivity contribution in [1.29, 1.82) is 0 Å². The Hall–Kier alpha value is -1.58. The quantitative estimate of drug-likeness (QED) is 0.596. The van der Waals surface area contributed by atoms with Crippen molar-refractivity contribution in [3.05, 3.63) is 33.9 Å². The van der Waals surface area contributed by atoms with Crippen molar-refractivity contribution >= 4 is 11.4 Å². The molecule has 1 atom stereocenters. The van der Waals surface area contributed by atoms with Crippen LogP contribution in [0.4, 0.5) is 11.4 Å². The summed E-state index contributed by atoms with van der Waals surface area (Å²) >= 11 is 0. The van der Waals surface area contributed by atoms with Crippen molar-refractivity contribution in [2.45, 2.75) is 33.2 Å². The molecule has 92 valence electrons. The molecular formula is C13H18N2O2. The molecule has 0 amide bonds. The molecule has 0 bridgehead atoms. The summed E-state index contributed by atoms with van der Waals surface area (Å²) in [5, 5.41) is 10.7. The van der Waals surface area contributed by atoms with Gasteiger partial charge >= 0.3 is 0 Å². The van der Waals surface area contributed by atoms with Gasteiger partial charge in [-0.05, 0) is 30.9 Å². The lowest BCUT2D eigenvalue weighted by Crippen LogP contribution is -2.32. The Morgan fingerprint density at radius 2 is 2.24 bits per heavy atom. The maximum absolute atomic E-state index is 10.7. The zero-order valence-corrected chi connectivity index (χ0v) is 10.5. The van der Waals surface area contributed by atoms with Crippen LogP contribution in [0.5, 0.6) is 0 Å². The Morgan fingerprint density at radius 3 is 2.82 bits per heavy atom. The largest absolute Gasteiger partial charge is 0.368 e. The molecular weight excluding hydrogens is 216 g/mol. The third kappa shape index (κ3) is 2.25. The molecule has 0 saturated carbocycles. The fourth-order valence-electron chi connectivity index (χ4n) is 2.47. The van der Waals surface area contributed by atoms with Crippen LogP contribution in [0.3, 0.4) is 0 Å². The predicted octanol–water partition coefficient (Wildman–Crippen LogP) is 3.00. The summed E-state index contributed by atoms with van der Waals surface area (Å²) in [6.07, 6.45) is 0.906.